The Hall–Kier alpha value is -2.96. The predicted molar refractivity (Wildman–Crippen MR) is 140 cm³/mol. The molecule has 1 N–H and O–H groups in total. The minimum Gasteiger partial charge on any atom is -0.356 e. The van der Waals surface area contributed by atoms with Gasteiger partial charge in [0.2, 0.25) is 15.9 Å². The van der Waals surface area contributed by atoms with E-state index in [1.165, 1.54) is 0 Å². The highest BCUT2D eigenvalue weighted by atomic mass is 32.2. The summed E-state index contributed by atoms with van der Waals surface area (Å²) in [5, 5.41) is 3.04. The maximum absolute atomic E-state index is 13.0. The highest BCUT2D eigenvalue weighted by Crippen LogP contribution is 2.27. The van der Waals surface area contributed by atoms with Gasteiger partial charge in [0.05, 0.1) is 4.90 Å². The lowest BCUT2D eigenvalue weighted by molar-refractivity contribution is -0.121. The summed E-state index contributed by atoms with van der Waals surface area (Å²) >= 11 is 0. The zero-order valence-corrected chi connectivity index (χ0v) is 20.9. The molecule has 35 heavy (non-hydrogen) atoms. The van der Waals surface area contributed by atoms with Crippen molar-refractivity contribution in [3.8, 4) is 0 Å². The Balaban J connectivity index is 1.32. The first kappa shape index (κ1) is 25.1. The monoisotopic (exact) mass is 490 g/mol. The lowest BCUT2D eigenvalue weighted by Crippen LogP contribution is -2.31. The van der Waals surface area contributed by atoms with E-state index < -0.39 is 10.0 Å². The Morgan fingerprint density at radius 1 is 0.771 bits per heavy atom. The van der Waals surface area contributed by atoms with Crippen molar-refractivity contribution < 1.29 is 13.2 Å². The summed E-state index contributed by atoms with van der Waals surface area (Å²) in [7, 11) is -3.44. The van der Waals surface area contributed by atoms with Gasteiger partial charge >= 0.3 is 0 Å². The molecule has 0 aliphatic carbocycles. The van der Waals surface area contributed by atoms with Crippen LogP contribution >= 0.6 is 0 Å². The highest BCUT2D eigenvalue weighted by molar-refractivity contribution is 7.89. The number of benzene rings is 3. The van der Waals surface area contributed by atoms with Gasteiger partial charge in [-0.1, -0.05) is 85.6 Å². The second-order valence-electron chi connectivity index (χ2n) is 9.14. The molecule has 3 aromatic rings. The minimum atomic E-state index is -3.44. The molecule has 0 saturated carbocycles. The molecule has 1 aliphatic heterocycles. The predicted octanol–water partition coefficient (Wildman–Crippen LogP) is 5.13. The van der Waals surface area contributed by atoms with Crippen LogP contribution in [0.1, 0.15) is 54.7 Å². The van der Waals surface area contributed by atoms with Gasteiger partial charge < -0.3 is 5.32 Å². The van der Waals surface area contributed by atoms with Crippen molar-refractivity contribution in [2.75, 3.05) is 19.6 Å². The Morgan fingerprint density at radius 2 is 1.31 bits per heavy atom. The molecule has 0 unspecified atom stereocenters. The van der Waals surface area contributed by atoms with Gasteiger partial charge in [0.1, 0.15) is 0 Å². The molecule has 184 valence electrons. The molecular weight excluding hydrogens is 456 g/mol. The molecule has 3 aromatic carbocycles. The number of amides is 1. The van der Waals surface area contributed by atoms with E-state index in [0.717, 1.165) is 42.4 Å². The van der Waals surface area contributed by atoms with Crippen LogP contribution in [0, 0.1) is 0 Å². The standard InChI is InChI=1S/C29H34N2O3S/c32-29(23-28(25-11-5-3-6-12-25)26-13-7-4-8-14-26)30-20-19-24-15-17-27(18-16-24)35(33,34)31-21-9-1-2-10-22-31/h3-8,11-18,28H,1-2,9-10,19-23H2,(H,30,32). The lowest BCUT2D eigenvalue weighted by Gasteiger charge is -2.20. The Bertz CT molecular complexity index is 1130. The summed E-state index contributed by atoms with van der Waals surface area (Å²) in [5.41, 5.74) is 3.24. The molecule has 1 fully saturated rings. The van der Waals surface area contributed by atoms with Crippen LogP contribution in [-0.4, -0.2) is 38.3 Å². The third-order valence-electron chi connectivity index (χ3n) is 6.66. The second kappa shape index (κ2) is 12.1. The average molecular weight is 491 g/mol. The van der Waals surface area contributed by atoms with Crippen LogP contribution in [0.15, 0.2) is 89.8 Å². The van der Waals surface area contributed by atoms with E-state index >= 15 is 0 Å². The normalized spacial score (nSPS) is 15.0. The number of nitrogens with zero attached hydrogens (tertiary/aromatic N) is 1. The van der Waals surface area contributed by atoms with E-state index in [-0.39, 0.29) is 11.8 Å². The zero-order valence-electron chi connectivity index (χ0n) is 20.1. The molecule has 0 radical (unpaired) electrons. The summed E-state index contributed by atoms with van der Waals surface area (Å²) in [4.78, 5) is 13.1. The molecule has 0 aromatic heterocycles. The summed E-state index contributed by atoms with van der Waals surface area (Å²) in [6.07, 6.45) is 5.05. The molecule has 0 atom stereocenters. The number of hydrogen-bond acceptors (Lipinski definition) is 3. The topological polar surface area (TPSA) is 66.5 Å². The molecule has 5 nitrogen and oxygen atoms in total. The van der Waals surface area contributed by atoms with Crippen molar-refractivity contribution in [2.45, 2.75) is 49.3 Å². The Morgan fingerprint density at radius 3 is 1.86 bits per heavy atom. The molecule has 0 bridgehead atoms. The van der Waals surface area contributed by atoms with Gasteiger partial charge in [-0.15, -0.1) is 0 Å². The third-order valence-corrected chi connectivity index (χ3v) is 8.57. The van der Waals surface area contributed by atoms with Gasteiger partial charge in [0.25, 0.3) is 0 Å². The van der Waals surface area contributed by atoms with Crippen molar-refractivity contribution in [2.24, 2.45) is 0 Å². The number of nitrogens with one attached hydrogen (secondary N) is 1. The van der Waals surface area contributed by atoms with Gasteiger partial charge in [-0.05, 0) is 48.1 Å². The van der Waals surface area contributed by atoms with Crippen molar-refractivity contribution in [1.29, 1.82) is 0 Å². The SMILES string of the molecule is O=C(CC(c1ccccc1)c1ccccc1)NCCc1ccc(S(=O)(=O)N2CCCCCC2)cc1. The van der Waals surface area contributed by atoms with E-state index in [2.05, 4.69) is 29.6 Å². The first-order valence-electron chi connectivity index (χ1n) is 12.5. The summed E-state index contributed by atoms with van der Waals surface area (Å²) in [5.74, 6) is 0.00365. The zero-order chi connectivity index (χ0) is 24.5. The van der Waals surface area contributed by atoms with Gasteiger partial charge in [0.15, 0.2) is 0 Å². The number of carbonyl (C=O) groups excluding carboxylic acids is 1. The Labute approximate surface area is 209 Å². The van der Waals surface area contributed by atoms with Crippen molar-refractivity contribution >= 4 is 15.9 Å². The van der Waals surface area contributed by atoms with Crippen LogP contribution in [-0.2, 0) is 21.2 Å². The van der Waals surface area contributed by atoms with Gasteiger partial charge in [0, 0.05) is 32.0 Å². The van der Waals surface area contributed by atoms with E-state index in [9.17, 15) is 13.2 Å². The van der Waals surface area contributed by atoms with Crippen LogP contribution < -0.4 is 5.32 Å². The van der Waals surface area contributed by atoms with Crippen LogP contribution in [0.4, 0.5) is 0 Å². The third kappa shape index (κ3) is 6.80. The summed E-state index contributed by atoms with van der Waals surface area (Å²) in [6, 6.07) is 27.3. The average Bonchev–Trinajstić information content (AvgIpc) is 3.19. The Kier molecular flexibility index (Phi) is 8.72. The fraction of sp³-hybridized carbons (Fsp3) is 0.345. The first-order valence-corrected chi connectivity index (χ1v) is 13.9. The molecule has 0 spiro atoms. The van der Waals surface area contributed by atoms with Crippen LogP contribution in [0.25, 0.3) is 0 Å². The fourth-order valence-corrected chi connectivity index (χ4v) is 6.18. The van der Waals surface area contributed by atoms with Crippen molar-refractivity contribution in [3.63, 3.8) is 0 Å². The van der Waals surface area contributed by atoms with Gasteiger partial charge in [-0.3, -0.25) is 4.79 Å². The van der Waals surface area contributed by atoms with E-state index in [1.54, 1.807) is 16.4 Å². The first-order chi connectivity index (χ1) is 17.0. The molecule has 6 heteroatoms. The maximum Gasteiger partial charge on any atom is 0.243 e. The number of carbonyl (C=O) groups is 1. The second-order valence-corrected chi connectivity index (χ2v) is 11.1. The van der Waals surface area contributed by atoms with Crippen LogP contribution in [0.2, 0.25) is 0 Å². The molecular formula is C29H34N2O3S. The van der Waals surface area contributed by atoms with Gasteiger partial charge in [-0.2, -0.15) is 4.31 Å². The number of hydrogen-bond donors (Lipinski definition) is 1. The van der Waals surface area contributed by atoms with Crippen LogP contribution in [0.5, 0.6) is 0 Å². The summed E-state index contributed by atoms with van der Waals surface area (Å²) in [6.45, 7) is 1.71. The highest BCUT2D eigenvalue weighted by Gasteiger charge is 2.25. The smallest absolute Gasteiger partial charge is 0.243 e. The molecule has 1 heterocycles. The minimum absolute atomic E-state index is 0.000812. The molecule has 1 saturated heterocycles. The largest absolute Gasteiger partial charge is 0.356 e. The molecule has 1 amide bonds. The number of sulfonamides is 1. The van der Waals surface area contributed by atoms with E-state index in [1.807, 2.05) is 48.5 Å². The van der Waals surface area contributed by atoms with E-state index in [0.29, 0.717) is 37.4 Å². The maximum atomic E-state index is 13.0. The van der Waals surface area contributed by atoms with Crippen LogP contribution in [0.3, 0.4) is 0 Å². The van der Waals surface area contributed by atoms with Crippen molar-refractivity contribution in [1.82, 2.24) is 9.62 Å². The van der Waals surface area contributed by atoms with Gasteiger partial charge in [-0.25, -0.2) is 8.42 Å². The lowest BCUT2D eigenvalue weighted by atomic mass is 9.88. The number of rotatable bonds is 9. The fourth-order valence-electron chi connectivity index (χ4n) is 4.66. The molecule has 1 aliphatic rings. The molecule has 4 rings (SSSR count). The quantitative estimate of drug-likeness (QED) is 0.452. The van der Waals surface area contributed by atoms with Crippen molar-refractivity contribution in [3.05, 3.63) is 102 Å². The summed E-state index contributed by atoms with van der Waals surface area (Å²) < 4.78 is 27.5. The van der Waals surface area contributed by atoms with E-state index in [4.69, 9.17) is 0 Å².